The Balaban J connectivity index is 1.91. The third-order valence-corrected chi connectivity index (χ3v) is 7.37. The van der Waals surface area contributed by atoms with Crippen LogP contribution in [0.1, 0.15) is 49.5 Å². The molecule has 0 aromatic carbocycles. The molecular formula is C15H26N2O2S2. The summed E-state index contributed by atoms with van der Waals surface area (Å²) < 4.78 is 27.6. The van der Waals surface area contributed by atoms with Gasteiger partial charge in [0.2, 0.25) is 10.0 Å². The molecule has 21 heavy (non-hydrogen) atoms. The van der Waals surface area contributed by atoms with E-state index >= 15 is 0 Å². The zero-order valence-corrected chi connectivity index (χ0v) is 14.5. The second kappa shape index (κ2) is 7.22. The fourth-order valence-electron chi connectivity index (χ4n) is 3.08. The minimum atomic E-state index is -3.42. The van der Waals surface area contributed by atoms with Gasteiger partial charge in [-0.15, -0.1) is 11.3 Å². The van der Waals surface area contributed by atoms with Crippen molar-refractivity contribution in [2.75, 3.05) is 6.54 Å². The maximum Gasteiger partial charge on any atom is 0.241 e. The lowest BCUT2D eigenvalue weighted by molar-refractivity contribution is 0.278. The van der Waals surface area contributed by atoms with Gasteiger partial charge in [0.25, 0.3) is 0 Å². The average molecular weight is 331 g/mol. The van der Waals surface area contributed by atoms with Gasteiger partial charge in [-0.05, 0) is 36.1 Å². The summed E-state index contributed by atoms with van der Waals surface area (Å²) in [7, 11) is -3.42. The minimum absolute atomic E-state index is 0.273. The van der Waals surface area contributed by atoms with Crippen molar-refractivity contribution < 1.29 is 8.42 Å². The van der Waals surface area contributed by atoms with Crippen LogP contribution in [0.3, 0.4) is 0 Å². The first kappa shape index (κ1) is 16.9. The molecule has 0 saturated heterocycles. The van der Waals surface area contributed by atoms with Crippen LogP contribution in [0, 0.1) is 18.8 Å². The number of sulfonamides is 1. The van der Waals surface area contributed by atoms with Crippen molar-refractivity contribution in [2.24, 2.45) is 17.6 Å². The van der Waals surface area contributed by atoms with Crippen LogP contribution in [0.25, 0.3) is 0 Å². The van der Waals surface area contributed by atoms with E-state index < -0.39 is 10.0 Å². The first-order valence-corrected chi connectivity index (χ1v) is 10.1. The summed E-state index contributed by atoms with van der Waals surface area (Å²) in [4.78, 5) is 1.14. The Morgan fingerprint density at radius 3 is 2.62 bits per heavy atom. The SMILES string of the molecule is Cc1csc(CN)c1S(=O)(=O)NCCC1CCC(C)CC1. The highest BCUT2D eigenvalue weighted by molar-refractivity contribution is 7.89. The smallest absolute Gasteiger partial charge is 0.241 e. The molecule has 6 heteroatoms. The summed E-state index contributed by atoms with van der Waals surface area (Å²) in [5, 5.41) is 1.86. The molecule has 0 spiro atoms. The summed E-state index contributed by atoms with van der Waals surface area (Å²) in [6.45, 7) is 4.93. The van der Waals surface area contributed by atoms with Gasteiger partial charge in [-0.25, -0.2) is 13.1 Å². The highest BCUT2D eigenvalue weighted by Crippen LogP contribution is 2.30. The molecule has 0 radical (unpaired) electrons. The van der Waals surface area contributed by atoms with Gasteiger partial charge in [0.05, 0.1) is 0 Å². The largest absolute Gasteiger partial charge is 0.326 e. The van der Waals surface area contributed by atoms with Gasteiger partial charge in [-0.1, -0.05) is 32.6 Å². The molecule has 0 aliphatic heterocycles. The Morgan fingerprint density at radius 2 is 2.00 bits per heavy atom. The van der Waals surface area contributed by atoms with E-state index in [1.807, 2.05) is 12.3 Å². The highest BCUT2D eigenvalue weighted by Gasteiger charge is 2.23. The number of hydrogen-bond acceptors (Lipinski definition) is 4. The van der Waals surface area contributed by atoms with Crippen LogP contribution in [0.2, 0.25) is 0 Å². The molecule has 0 amide bonds. The fraction of sp³-hybridized carbons (Fsp3) is 0.733. The molecule has 1 aliphatic carbocycles. The van der Waals surface area contributed by atoms with Gasteiger partial charge in [-0.2, -0.15) is 0 Å². The molecule has 0 bridgehead atoms. The summed E-state index contributed by atoms with van der Waals surface area (Å²) in [5.74, 6) is 1.50. The van der Waals surface area contributed by atoms with Crippen LogP contribution in [0.5, 0.6) is 0 Å². The van der Waals surface area contributed by atoms with Crippen molar-refractivity contribution in [1.29, 1.82) is 0 Å². The minimum Gasteiger partial charge on any atom is -0.326 e. The lowest BCUT2D eigenvalue weighted by Crippen LogP contribution is -2.28. The van der Waals surface area contributed by atoms with Crippen LogP contribution in [0.4, 0.5) is 0 Å². The van der Waals surface area contributed by atoms with Gasteiger partial charge in [0, 0.05) is 18.0 Å². The first-order valence-electron chi connectivity index (χ1n) is 7.70. The van der Waals surface area contributed by atoms with E-state index in [0.717, 1.165) is 22.8 Å². The van der Waals surface area contributed by atoms with Gasteiger partial charge in [0.15, 0.2) is 0 Å². The molecule has 1 aliphatic rings. The molecule has 3 N–H and O–H groups in total. The van der Waals surface area contributed by atoms with Crippen LogP contribution in [0.15, 0.2) is 10.3 Å². The lowest BCUT2D eigenvalue weighted by atomic mass is 9.81. The number of thiophene rings is 1. The normalized spacial score (nSPS) is 23.4. The van der Waals surface area contributed by atoms with E-state index in [0.29, 0.717) is 17.4 Å². The van der Waals surface area contributed by atoms with Gasteiger partial charge >= 0.3 is 0 Å². The molecule has 0 unspecified atom stereocenters. The number of nitrogens with two attached hydrogens (primary N) is 1. The molecule has 2 rings (SSSR count). The molecule has 4 nitrogen and oxygen atoms in total. The summed E-state index contributed by atoms with van der Waals surface area (Å²) >= 11 is 1.42. The Bertz CT molecular complexity index is 558. The third kappa shape index (κ3) is 4.28. The predicted molar refractivity (Wildman–Crippen MR) is 87.9 cm³/mol. The highest BCUT2D eigenvalue weighted by atomic mass is 32.2. The Hall–Kier alpha value is -0.430. The molecule has 0 atom stereocenters. The molecule has 1 aromatic heterocycles. The van der Waals surface area contributed by atoms with Crippen LogP contribution >= 0.6 is 11.3 Å². The van der Waals surface area contributed by atoms with Gasteiger partial charge in [-0.3, -0.25) is 0 Å². The van der Waals surface area contributed by atoms with Gasteiger partial charge in [0.1, 0.15) is 4.90 Å². The molecule has 1 aromatic rings. The van der Waals surface area contributed by atoms with E-state index in [-0.39, 0.29) is 6.54 Å². The second-order valence-electron chi connectivity index (χ2n) is 6.19. The molecule has 120 valence electrons. The van der Waals surface area contributed by atoms with E-state index in [4.69, 9.17) is 5.73 Å². The maximum atomic E-state index is 12.4. The van der Waals surface area contributed by atoms with Crippen molar-refractivity contribution in [1.82, 2.24) is 4.72 Å². The van der Waals surface area contributed by atoms with E-state index in [1.165, 1.54) is 37.0 Å². The monoisotopic (exact) mass is 330 g/mol. The van der Waals surface area contributed by atoms with Crippen molar-refractivity contribution in [2.45, 2.75) is 57.4 Å². The Morgan fingerprint density at radius 1 is 1.33 bits per heavy atom. The van der Waals surface area contributed by atoms with Crippen molar-refractivity contribution in [3.8, 4) is 0 Å². The lowest BCUT2D eigenvalue weighted by Gasteiger charge is -2.26. The molecule has 1 heterocycles. The van der Waals surface area contributed by atoms with E-state index in [1.54, 1.807) is 0 Å². The number of nitrogens with one attached hydrogen (secondary N) is 1. The first-order chi connectivity index (χ1) is 9.94. The van der Waals surface area contributed by atoms with Gasteiger partial charge < -0.3 is 5.73 Å². The zero-order valence-electron chi connectivity index (χ0n) is 12.9. The fourth-order valence-corrected chi connectivity index (χ4v) is 5.82. The Kier molecular flexibility index (Phi) is 5.82. The van der Waals surface area contributed by atoms with E-state index in [9.17, 15) is 8.42 Å². The number of hydrogen-bond donors (Lipinski definition) is 2. The average Bonchev–Trinajstić information content (AvgIpc) is 2.83. The maximum absolute atomic E-state index is 12.4. The number of rotatable bonds is 6. The van der Waals surface area contributed by atoms with Crippen LogP contribution in [-0.4, -0.2) is 15.0 Å². The number of aryl methyl sites for hydroxylation is 1. The Labute approximate surface area is 132 Å². The molecule has 1 saturated carbocycles. The molecular weight excluding hydrogens is 304 g/mol. The third-order valence-electron chi connectivity index (χ3n) is 4.42. The van der Waals surface area contributed by atoms with E-state index in [2.05, 4.69) is 11.6 Å². The van der Waals surface area contributed by atoms with Crippen molar-refractivity contribution >= 4 is 21.4 Å². The molecule has 1 fully saturated rings. The standard InChI is InChI=1S/C15H26N2O2S2/c1-11-3-5-13(6-4-11)7-8-17-21(18,19)15-12(2)10-20-14(15)9-16/h10-11,13,17H,3-9,16H2,1-2H3. The summed E-state index contributed by atoms with van der Waals surface area (Å²) in [5.41, 5.74) is 6.43. The van der Waals surface area contributed by atoms with Crippen LogP contribution in [-0.2, 0) is 16.6 Å². The second-order valence-corrected chi connectivity index (χ2v) is 8.86. The summed E-state index contributed by atoms with van der Waals surface area (Å²) in [6.07, 6.45) is 5.95. The zero-order chi connectivity index (χ0) is 15.5. The van der Waals surface area contributed by atoms with Crippen molar-refractivity contribution in [3.63, 3.8) is 0 Å². The topological polar surface area (TPSA) is 72.2 Å². The van der Waals surface area contributed by atoms with Crippen LogP contribution < -0.4 is 10.5 Å². The quantitative estimate of drug-likeness (QED) is 0.842. The summed E-state index contributed by atoms with van der Waals surface area (Å²) in [6, 6.07) is 0. The van der Waals surface area contributed by atoms with Crippen molar-refractivity contribution in [3.05, 3.63) is 15.8 Å². The predicted octanol–water partition coefficient (Wildman–Crippen LogP) is 3.01.